The second-order valence-electron chi connectivity index (χ2n) is 6.17. The summed E-state index contributed by atoms with van der Waals surface area (Å²) < 4.78 is 0. The zero-order valence-corrected chi connectivity index (χ0v) is 11.1. The molecular weight excluding hydrogens is 184 g/mol. The van der Waals surface area contributed by atoms with Gasteiger partial charge in [-0.15, -0.1) is 0 Å². The SMILES string of the molecule is CC1CNCC1CNCC(C)(C)C(C)C. The van der Waals surface area contributed by atoms with E-state index < -0.39 is 0 Å². The fourth-order valence-electron chi connectivity index (χ4n) is 1.92. The summed E-state index contributed by atoms with van der Waals surface area (Å²) in [4.78, 5) is 0. The van der Waals surface area contributed by atoms with Crippen molar-refractivity contribution in [3.8, 4) is 0 Å². The molecule has 2 N–H and O–H groups in total. The fourth-order valence-corrected chi connectivity index (χ4v) is 1.92. The van der Waals surface area contributed by atoms with Crippen LogP contribution in [0.15, 0.2) is 0 Å². The lowest BCUT2D eigenvalue weighted by Crippen LogP contribution is -2.37. The van der Waals surface area contributed by atoms with E-state index in [-0.39, 0.29) is 0 Å². The summed E-state index contributed by atoms with van der Waals surface area (Å²) in [6.45, 7) is 16.3. The number of hydrogen-bond donors (Lipinski definition) is 2. The zero-order valence-electron chi connectivity index (χ0n) is 11.1. The first-order valence-corrected chi connectivity index (χ1v) is 6.35. The Bertz CT molecular complexity index is 187. The third kappa shape index (κ3) is 3.76. The van der Waals surface area contributed by atoms with Crippen LogP contribution in [-0.4, -0.2) is 26.2 Å². The van der Waals surface area contributed by atoms with Crippen LogP contribution in [0.5, 0.6) is 0 Å². The molecule has 2 heteroatoms. The van der Waals surface area contributed by atoms with Crippen molar-refractivity contribution in [2.24, 2.45) is 23.2 Å². The molecule has 0 aromatic heterocycles. The second-order valence-corrected chi connectivity index (χ2v) is 6.17. The third-order valence-corrected chi connectivity index (χ3v) is 4.23. The highest BCUT2D eigenvalue weighted by Crippen LogP contribution is 2.25. The smallest absolute Gasteiger partial charge is 0.000509 e. The summed E-state index contributed by atoms with van der Waals surface area (Å²) in [5, 5.41) is 7.09. The Morgan fingerprint density at radius 1 is 1.33 bits per heavy atom. The van der Waals surface area contributed by atoms with Crippen molar-refractivity contribution in [3.05, 3.63) is 0 Å². The first kappa shape index (κ1) is 13.0. The van der Waals surface area contributed by atoms with Gasteiger partial charge in [0.05, 0.1) is 0 Å². The molecule has 90 valence electrons. The van der Waals surface area contributed by atoms with Crippen LogP contribution in [0.4, 0.5) is 0 Å². The molecule has 0 amide bonds. The van der Waals surface area contributed by atoms with Gasteiger partial charge in [0.1, 0.15) is 0 Å². The molecule has 1 rings (SSSR count). The molecule has 15 heavy (non-hydrogen) atoms. The van der Waals surface area contributed by atoms with Crippen LogP contribution in [0.1, 0.15) is 34.6 Å². The van der Waals surface area contributed by atoms with Gasteiger partial charge in [0.2, 0.25) is 0 Å². The number of hydrogen-bond acceptors (Lipinski definition) is 2. The Morgan fingerprint density at radius 3 is 2.47 bits per heavy atom. The molecule has 0 saturated carbocycles. The van der Waals surface area contributed by atoms with Crippen molar-refractivity contribution in [2.75, 3.05) is 26.2 Å². The lowest BCUT2D eigenvalue weighted by atomic mass is 9.81. The van der Waals surface area contributed by atoms with E-state index in [4.69, 9.17) is 0 Å². The average Bonchev–Trinajstić information content (AvgIpc) is 2.51. The van der Waals surface area contributed by atoms with E-state index >= 15 is 0 Å². The van der Waals surface area contributed by atoms with Gasteiger partial charge in [-0.3, -0.25) is 0 Å². The van der Waals surface area contributed by atoms with Crippen molar-refractivity contribution in [1.29, 1.82) is 0 Å². The van der Waals surface area contributed by atoms with Crippen molar-refractivity contribution < 1.29 is 0 Å². The van der Waals surface area contributed by atoms with Gasteiger partial charge in [-0.25, -0.2) is 0 Å². The maximum atomic E-state index is 3.64. The van der Waals surface area contributed by atoms with E-state index in [1.165, 1.54) is 19.6 Å². The standard InChI is InChI=1S/C13H28N2/c1-10(2)13(4,5)9-15-8-12-7-14-6-11(12)3/h10-12,14-15H,6-9H2,1-5H3. The van der Waals surface area contributed by atoms with Gasteiger partial charge in [-0.05, 0) is 42.8 Å². The maximum Gasteiger partial charge on any atom is 0.000509 e. The molecule has 2 nitrogen and oxygen atoms in total. The molecule has 1 heterocycles. The van der Waals surface area contributed by atoms with Crippen LogP contribution in [-0.2, 0) is 0 Å². The lowest BCUT2D eigenvalue weighted by Gasteiger charge is -2.30. The Hall–Kier alpha value is -0.0800. The largest absolute Gasteiger partial charge is 0.316 e. The molecule has 0 aromatic carbocycles. The van der Waals surface area contributed by atoms with E-state index in [9.17, 15) is 0 Å². The summed E-state index contributed by atoms with van der Waals surface area (Å²) in [5.41, 5.74) is 0.412. The minimum absolute atomic E-state index is 0.412. The topological polar surface area (TPSA) is 24.1 Å². The van der Waals surface area contributed by atoms with Gasteiger partial charge in [0, 0.05) is 6.54 Å². The van der Waals surface area contributed by atoms with Crippen LogP contribution >= 0.6 is 0 Å². The van der Waals surface area contributed by atoms with Gasteiger partial charge in [0.25, 0.3) is 0 Å². The zero-order chi connectivity index (χ0) is 11.5. The quantitative estimate of drug-likeness (QED) is 0.729. The van der Waals surface area contributed by atoms with Crippen molar-refractivity contribution >= 4 is 0 Å². The molecule has 2 atom stereocenters. The minimum atomic E-state index is 0.412. The van der Waals surface area contributed by atoms with Gasteiger partial charge < -0.3 is 10.6 Å². The molecular formula is C13H28N2. The van der Waals surface area contributed by atoms with Gasteiger partial charge in [0.15, 0.2) is 0 Å². The Balaban J connectivity index is 2.21. The maximum absolute atomic E-state index is 3.64. The predicted molar refractivity (Wildman–Crippen MR) is 67.0 cm³/mol. The number of rotatable bonds is 5. The van der Waals surface area contributed by atoms with Crippen LogP contribution in [0.3, 0.4) is 0 Å². The lowest BCUT2D eigenvalue weighted by molar-refractivity contribution is 0.231. The molecule has 1 fully saturated rings. The highest BCUT2D eigenvalue weighted by molar-refractivity contribution is 4.81. The average molecular weight is 212 g/mol. The van der Waals surface area contributed by atoms with Gasteiger partial charge >= 0.3 is 0 Å². The van der Waals surface area contributed by atoms with E-state index in [0.29, 0.717) is 5.41 Å². The van der Waals surface area contributed by atoms with Gasteiger partial charge in [-0.1, -0.05) is 34.6 Å². The highest BCUT2D eigenvalue weighted by atomic mass is 15.0. The first-order chi connectivity index (χ1) is 6.93. The van der Waals surface area contributed by atoms with Crippen LogP contribution in [0.25, 0.3) is 0 Å². The van der Waals surface area contributed by atoms with E-state index in [2.05, 4.69) is 45.3 Å². The van der Waals surface area contributed by atoms with E-state index in [0.717, 1.165) is 24.3 Å². The molecule has 0 spiro atoms. The van der Waals surface area contributed by atoms with E-state index in [1.54, 1.807) is 0 Å². The molecule has 1 aliphatic heterocycles. The molecule has 0 radical (unpaired) electrons. The summed E-state index contributed by atoms with van der Waals surface area (Å²) >= 11 is 0. The third-order valence-electron chi connectivity index (χ3n) is 4.23. The van der Waals surface area contributed by atoms with Crippen LogP contribution in [0.2, 0.25) is 0 Å². The van der Waals surface area contributed by atoms with Crippen LogP contribution < -0.4 is 10.6 Å². The normalized spacial score (nSPS) is 27.6. The number of nitrogens with one attached hydrogen (secondary N) is 2. The Kier molecular flexibility index (Phi) is 4.60. The summed E-state index contributed by atoms with van der Waals surface area (Å²) in [7, 11) is 0. The second kappa shape index (κ2) is 5.31. The van der Waals surface area contributed by atoms with E-state index in [1.807, 2.05) is 0 Å². The van der Waals surface area contributed by atoms with Crippen molar-refractivity contribution in [1.82, 2.24) is 10.6 Å². The summed E-state index contributed by atoms with van der Waals surface area (Å²) in [5.74, 6) is 2.40. The fraction of sp³-hybridized carbons (Fsp3) is 1.00. The molecule has 0 bridgehead atoms. The molecule has 1 aliphatic rings. The highest BCUT2D eigenvalue weighted by Gasteiger charge is 2.25. The van der Waals surface area contributed by atoms with Crippen molar-refractivity contribution in [3.63, 3.8) is 0 Å². The molecule has 2 unspecified atom stereocenters. The molecule has 0 aromatic rings. The Labute approximate surface area is 95.2 Å². The molecule has 0 aliphatic carbocycles. The first-order valence-electron chi connectivity index (χ1n) is 6.35. The summed E-state index contributed by atoms with van der Waals surface area (Å²) in [6.07, 6.45) is 0. The Morgan fingerprint density at radius 2 is 2.00 bits per heavy atom. The minimum Gasteiger partial charge on any atom is -0.316 e. The van der Waals surface area contributed by atoms with Crippen LogP contribution in [0, 0.1) is 23.2 Å². The predicted octanol–water partition coefficient (Wildman–Crippen LogP) is 2.11. The monoisotopic (exact) mass is 212 g/mol. The molecule has 1 saturated heterocycles. The van der Waals surface area contributed by atoms with Crippen molar-refractivity contribution in [2.45, 2.75) is 34.6 Å². The summed E-state index contributed by atoms with van der Waals surface area (Å²) in [6, 6.07) is 0. The van der Waals surface area contributed by atoms with Gasteiger partial charge in [-0.2, -0.15) is 0 Å².